The maximum atomic E-state index is 10.1. The van der Waals surface area contributed by atoms with E-state index in [1.54, 1.807) is 33.4 Å². The standard InChI is InChI=1S/C26H24O2/c27-9-15-21-17-11-5-1-2-6-12(11)18(22(15)21)26-20-14-8-4-3-7-13(14)19(25(17)26)23-16(10-28)24(20)23/h1-8,15-24,27-28H,9-10H2/t15?,16?,17-,18+,19-,20+,21-,22+,23-,24+. The molecule has 4 bridgehead atoms. The first kappa shape index (κ1) is 15.0. The molecule has 28 heavy (non-hydrogen) atoms. The van der Waals surface area contributed by atoms with E-state index in [2.05, 4.69) is 48.5 Å². The van der Waals surface area contributed by atoms with Gasteiger partial charge < -0.3 is 10.2 Å². The molecule has 10 rings (SSSR count). The Hall–Kier alpha value is -1.90. The van der Waals surface area contributed by atoms with Crippen molar-refractivity contribution in [3.63, 3.8) is 0 Å². The predicted octanol–water partition coefficient (Wildman–Crippen LogP) is 3.78. The van der Waals surface area contributed by atoms with Crippen molar-refractivity contribution in [1.29, 1.82) is 0 Å². The van der Waals surface area contributed by atoms with Crippen molar-refractivity contribution in [2.75, 3.05) is 13.2 Å². The van der Waals surface area contributed by atoms with Crippen molar-refractivity contribution < 1.29 is 10.2 Å². The lowest BCUT2D eigenvalue weighted by atomic mass is 9.51. The van der Waals surface area contributed by atoms with Crippen LogP contribution in [0.1, 0.15) is 45.9 Å². The van der Waals surface area contributed by atoms with Crippen LogP contribution in [0.25, 0.3) is 0 Å². The zero-order chi connectivity index (χ0) is 18.3. The predicted molar refractivity (Wildman–Crippen MR) is 106 cm³/mol. The maximum Gasteiger partial charge on any atom is 0.0465 e. The summed E-state index contributed by atoms with van der Waals surface area (Å²) in [6.07, 6.45) is 0. The molecular formula is C26H24O2. The van der Waals surface area contributed by atoms with Crippen molar-refractivity contribution in [2.45, 2.75) is 23.7 Å². The van der Waals surface area contributed by atoms with E-state index in [0.717, 1.165) is 0 Å². The Bertz CT molecular complexity index is 920. The van der Waals surface area contributed by atoms with Crippen LogP contribution >= 0.6 is 0 Å². The lowest BCUT2D eigenvalue weighted by Gasteiger charge is -2.53. The van der Waals surface area contributed by atoms with Gasteiger partial charge in [0.25, 0.3) is 0 Å². The van der Waals surface area contributed by atoms with Crippen molar-refractivity contribution in [3.8, 4) is 0 Å². The second kappa shape index (κ2) is 4.63. The van der Waals surface area contributed by atoms with Crippen LogP contribution in [0.5, 0.6) is 0 Å². The molecule has 2 unspecified atom stereocenters. The van der Waals surface area contributed by atoms with E-state index in [-0.39, 0.29) is 0 Å². The number of allylic oxidation sites excluding steroid dienone is 2. The summed E-state index contributed by atoms with van der Waals surface area (Å²) in [6.45, 7) is 0.677. The number of hydrogen-bond donors (Lipinski definition) is 2. The van der Waals surface area contributed by atoms with Gasteiger partial charge in [-0.15, -0.1) is 0 Å². The summed E-state index contributed by atoms with van der Waals surface area (Å²) in [5.74, 6) is 5.50. The van der Waals surface area contributed by atoms with Gasteiger partial charge in [0.05, 0.1) is 0 Å². The highest BCUT2D eigenvalue weighted by Crippen LogP contribution is 2.82. The van der Waals surface area contributed by atoms with E-state index in [1.165, 1.54) is 0 Å². The summed E-state index contributed by atoms with van der Waals surface area (Å²) in [5.41, 5.74) is 9.64. The molecule has 0 heterocycles. The monoisotopic (exact) mass is 368 g/mol. The first-order valence-electron chi connectivity index (χ1n) is 11.0. The summed E-state index contributed by atoms with van der Waals surface area (Å²) in [7, 11) is 0. The van der Waals surface area contributed by atoms with Gasteiger partial charge in [-0.25, -0.2) is 0 Å². The number of aliphatic hydroxyl groups excluding tert-OH is 2. The van der Waals surface area contributed by atoms with Crippen LogP contribution in [0, 0.1) is 35.5 Å². The Labute approximate surface area is 164 Å². The molecule has 0 saturated heterocycles. The lowest BCUT2D eigenvalue weighted by molar-refractivity contribution is 0.260. The summed E-state index contributed by atoms with van der Waals surface area (Å²) in [4.78, 5) is 0. The highest BCUT2D eigenvalue weighted by atomic mass is 16.3. The van der Waals surface area contributed by atoms with Crippen LogP contribution in [-0.4, -0.2) is 23.4 Å². The van der Waals surface area contributed by atoms with Crippen LogP contribution in [0.3, 0.4) is 0 Å². The molecule has 8 aliphatic carbocycles. The third-order valence-electron chi connectivity index (χ3n) is 9.55. The highest BCUT2D eigenvalue weighted by molar-refractivity contribution is 5.67. The van der Waals surface area contributed by atoms with Crippen LogP contribution < -0.4 is 0 Å². The molecule has 2 nitrogen and oxygen atoms in total. The zero-order valence-electron chi connectivity index (χ0n) is 15.7. The SMILES string of the molecule is OCC1[C@@H]2[C@H]1[C@@H]1C3=C([C@H]2c2ccccc21)[C@H]1c2ccccc2[C@@H]3[C@H]2C(CO)[C@H]21. The zero-order valence-corrected chi connectivity index (χ0v) is 15.7. The van der Waals surface area contributed by atoms with E-state index in [4.69, 9.17) is 0 Å². The molecule has 2 fully saturated rings. The van der Waals surface area contributed by atoms with Crippen LogP contribution in [0.2, 0.25) is 0 Å². The first-order chi connectivity index (χ1) is 13.9. The fourth-order valence-corrected chi connectivity index (χ4v) is 8.81. The molecule has 10 atom stereocenters. The number of aliphatic hydroxyl groups is 2. The van der Waals surface area contributed by atoms with E-state index in [0.29, 0.717) is 72.4 Å². The molecule has 2 N–H and O–H groups in total. The fourth-order valence-electron chi connectivity index (χ4n) is 8.81. The molecule has 140 valence electrons. The van der Waals surface area contributed by atoms with Crippen molar-refractivity contribution in [3.05, 3.63) is 81.9 Å². The minimum absolute atomic E-state index is 0.339. The van der Waals surface area contributed by atoms with Gasteiger partial charge in [-0.2, -0.15) is 0 Å². The molecule has 0 amide bonds. The topological polar surface area (TPSA) is 40.5 Å². The van der Waals surface area contributed by atoms with Gasteiger partial charge in [0.1, 0.15) is 0 Å². The largest absolute Gasteiger partial charge is 0.396 e. The van der Waals surface area contributed by atoms with Crippen LogP contribution in [-0.2, 0) is 0 Å². The van der Waals surface area contributed by atoms with E-state index in [9.17, 15) is 10.2 Å². The van der Waals surface area contributed by atoms with Crippen LogP contribution in [0.4, 0.5) is 0 Å². The second-order valence-corrected chi connectivity index (χ2v) is 10.1. The number of rotatable bonds is 2. The third kappa shape index (κ3) is 1.39. The molecule has 2 heteroatoms. The average molecular weight is 368 g/mol. The molecule has 0 spiro atoms. The summed E-state index contributed by atoms with van der Waals surface area (Å²) >= 11 is 0. The Morgan fingerprint density at radius 2 is 0.786 bits per heavy atom. The highest BCUT2D eigenvalue weighted by Gasteiger charge is 2.74. The average Bonchev–Trinajstić information content (AvgIpc) is 3.66. The van der Waals surface area contributed by atoms with E-state index in [1.807, 2.05) is 0 Å². The number of benzene rings is 2. The Kier molecular flexibility index (Phi) is 2.48. The second-order valence-electron chi connectivity index (χ2n) is 10.1. The quantitative estimate of drug-likeness (QED) is 0.792. The van der Waals surface area contributed by atoms with E-state index >= 15 is 0 Å². The minimum Gasteiger partial charge on any atom is -0.396 e. The van der Waals surface area contributed by atoms with Crippen LogP contribution in [0.15, 0.2) is 59.7 Å². The maximum absolute atomic E-state index is 10.1. The molecule has 0 radical (unpaired) electrons. The smallest absolute Gasteiger partial charge is 0.0465 e. The molecule has 2 aromatic rings. The van der Waals surface area contributed by atoms with E-state index < -0.39 is 0 Å². The minimum atomic E-state index is 0.339. The fraction of sp³-hybridized carbons (Fsp3) is 0.462. The van der Waals surface area contributed by atoms with Crippen molar-refractivity contribution in [2.24, 2.45) is 35.5 Å². The number of hydrogen-bond acceptors (Lipinski definition) is 2. The van der Waals surface area contributed by atoms with Gasteiger partial charge in [0, 0.05) is 36.9 Å². The van der Waals surface area contributed by atoms with Gasteiger partial charge in [-0.3, -0.25) is 0 Å². The molecule has 8 aliphatic rings. The molecule has 2 aromatic carbocycles. The molecule has 0 aromatic heterocycles. The Balaban J connectivity index is 1.41. The van der Waals surface area contributed by atoms with Gasteiger partial charge >= 0.3 is 0 Å². The first-order valence-corrected chi connectivity index (χ1v) is 11.0. The Morgan fingerprint density at radius 3 is 1.04 bits per heavy atom. The summed E-state index contributed by atoms with van der Waals surface area (Å²) < 4.78 is 0. The van der Waals surface area contributed by atoms with Gasteiger partial charge in [0.15, 0.2) is 0 Å². The third-order valence-corrected chi connectivity index (χ3v) is 9.55. The van der Waals surface area contributed by atoms with Gasteiger partial charge in [0.2, 0.25) is 0 Å². The normalized spacial score (nSPS) is 47.1. The molecule has 0 aliphatic heterocycles. The molecular weight excluding hydrogens is 344 g/mol. The summed E-state index contributed by atoms with van der Waals surface area (Å²) in [6, 6.07) is 18.3. The van der Waals surface area contributed by atoms with Crippen molar-refractivity contribution >= 4 is 0 Å². The molecule has 2 saturated carbocycles. The summed E-state index contributed by atoms with van der Waals surface area (Å²) in [5, 5.41) is 20.2. The van der Waals surface area contributed by atoms with Gasteiger partial charge in [-0.1, -0.05) is 59.7 Å². The van der Waals surface area contributed by atoms with Gasteiger partial charge in [-0.05, 0) is 57.8 Å². The lowest BCUT2D eigenvalue weighted by Crippen LogP contribution is -2.39. The van der Waals surface area contributed by atoms with Crippen molar-refractivity contribution in [1.82, 2.24) is 0 Å². The Morgan fingerprint density at radius 1 is 0.500 bits per heavy atom.